The predicted molar refractivity (Wildman–Crippen MR) is 33.9 cm³/mol. The van der Waals surface area contributed by atoms with Gasteiger partial charge in [0.15, 0.2) is 0 Å². The number of hydrogen-bond donors (Lipinski definition) is 1. The van der Waals surface area contributed by atoms with Gasteiger partial charge in [0.2, 0.25) is 0 Å². The highest BCUT2D eigenvalue weighted by Gasteiger charge is 2.49. The van der Waals surface area contributed by atoms with Crippen molar-refractivity contribution in [3.8, 4) is 0 Å². The summed E-state index contributed by atoms with van der Waals surface area (Å²) in [4.78, 5) is 0. The molecular formula is C7H10FN. The molecule has 1 aliphatic carbocycles. The lowest BCUT2D eigenvalue weighted by atomic mass is 10.3. The molecule has 1 saturated carbocycles. The molecule has 1 nitrogen and oxygen atoms in total. The topological polar surface area (TPSA) is 12.0 Å². The van der Waals surface area contributed by atoms with Crippen molar-refractivity contribution in [1.82, 2.24) is 5.32 Å². The van der Waals surface area contributed by atoms with Crippen molar-refractivity contribution in [2.24, 2.45) is 5.92 Å². The standard InChI is InChI=1S/C7H10FN/c8-6-5-3-1-2-4-9-7(5)6/h1,3,5-7,9H,2,4H2/t5-,6-,7?/m0/s1. The van der Waals surface area contributed by atoms with E-state index in [2.05, 4.69) is 11.4 Å². The van der Waals surface area contributed by atoms with Crippen molar-refractivity contribution in [3.63, 3.8) is 0 Å². The van der Waals surface area contributed by atoms with Crippen LogP contribution in [0.2, 0.25) is 0 Å². The Labute approximate surface area is 53.9 Å². The third kappa shape index (κ3) is 0.778. The molecule has 2 aliphatic rings. The van der Waals surface area contributed by atoms with Crippen LogP contribution in [0.15, 0.2) is 12.2 Å². The summed E-state index contributed by atoms with van der Waals surface area (Å²) in [5.74, 6) is 0.201. The van der Waals surface area contributed by atoms with Gasteiger partial charge < -0.3 is 5.32 Å². The first kappa shape index (κ1) is 5.42. The van der Waals surface area contributed by atoms with E-state index in [-0.39, 0.29) is 12.0 Å². The minimum absolute atomic E-state index is 0.156. The van der Waals surface area contributed by atoms with E-state index in [0.717, 1.165) is 13.0 Å². The number of nitrogens with one attached hydrogen (secondary N) is 1. The molecule has 1 unspecified atom stereocenters. The SMILES string of the molecule is F[C@@H]1C2NCCC=C[C@H]21. The molecule has 0 amide bonds. The first-order chi connectivity index (χ1) is 4.39. The molecule has 1 aliphatic heterocycles. The zero-order valence-electron chi connectivity index (χ0n) is 5.18. The molecule has 1 heterocycles. The van der Waals surface area contributed by atoms with E-state index in [1.54, 1.807) is 0 Å². The highest BCUT2D eigenvalue weighted by molar-refractivity contribution is 5.16. The summed E-state index contributed by atoms with van der Waals surface area (Å²) >= 11 is 0. The second-order valence-corrected chi connectivity index (χ2v) is 2.72. The quantitative estimate of drug-likeness (QED) is 0.476. The summed E-state index contributed by atoms with van der Waals surface area (Å²) < 4.78 is 12.5. The van der Waals surface area contributed by atoms with E-state index >= 15 is 0 Å². The molecule has 0 spiro atoms. The summed E-state index contributed by atoms with van der Waals surface area (Å²) in [6, 6.07) is 0.156. The summed E-state index contributed by atoms with van der Waals surface area (Å²) in [6.07, 6.45) is 4.52. The lowest BCUT2D eigenvalue weighted by Gasteiger charge is -1.94. The van der Waals surface area contributed by atoms with Crippen molar-refractivity contribution < 1.29 is 4.39 Å². The Bertz CT molecular complexity index is 144. The summed E-state index contributed by atoms with van der Waals surface area (Å²) in [5, 5.41) is 3.13. The van der Waals surface area contributed by atoms with Crippen LogP contribution in [0.3, 0.4) is 0 Å². The molecule has 0 saturated heterocycles. The summed E-state index contributed by atoms with van der Waals surface area (Å²) in [5.41, 5.74) is 0. The summed E-state index contributed by atoms with van der Waals surface area (Å²) in [6.45, 7) is 0.943. The predicted octanol–water partition coefficient (Wildman–Crippen LogP) is 0.872. The first-order valence-electron chi connectivity index (χ1n) is 3.44. The number of halogens is 1. The lowest BCUT2D eigenvalue weighted by Crippen LogP contribution is -2.19. The van der Waals surface area contributed by atoms with Crippen LogP contribution < -0.4 is 5.32 Å². The smallest absolute Gasteiger partial charge is 0.124 e. The molecule has 2 heteroatoms. The number of hydrogen-bond acceptors (Lipinski definition) is 1. The number of alkyl halides is 1. The van der Waals surface area contributed by atoms with Crippen LogP contribution in [0.1, 0.15) is 6.42 Å². The van der Waals surface area contributed by atoms with Gasteiger partial charge in [-0.15, -0.1) is 0 Å². The highest BCUT2D eigenvalue weighted by Crippen LogP contribution is 2.36. The van der Waals surface area contributed by atoms with Gasteiger partial charge in [-0.05, 0) is 13.0 Å². The Balaban J connectivity index is 2.05. The molecule has 1 fully saturated rings. The molecule has 0 bridgehead atoms. The van der Waals surface area contributed by atoms with Gasteiger partial charge in [-0.2, -0.15) is 0 Å². The minimum Gasteiger partial charge on any atom is -0.310 e. The maximum atomic E-state index is 12.5. The second kappa shape index (κ2) is 1.81. The Hall–Kier alpha value is -0.370. The lowest BCUT2D eigenvalue weighted by molar-refractivity contribution is 0.438. The Morgan fingerprint density at radius 2 is 2.44 bits per heavy atom. The highest BCUT2D eigenvalue weighted by atomic mass is 19.1. The monoisotopic (exact) mass is 127 g/mol. The van der Waals surface area contributed by atoms with Gasteiger partial charge in [0.25, 0.3) is 0 Å². The largest absolute Gasteiger partial charge is 0.310 e. The molecule has 9 heavy (non-hydrogen) atoms. The van der Waals surface area contributed by atoms with Crippen molar-refractivity contribution in [3.05, 3.63) is 12.2 Å². The van der Waals surface area contributed by atoms with Crippen LogP contribution in [0.4, 0.5) is 4.39 Å². The van der Waals surface area contributed by atoms with Gasteiger partial charge in [-0.1, -0.05) is 12.2 Å². The zero-order valence-corrected chi connectivity index (χ0v) is 5.18. The van der Waals surface area contributed by atoms with Crippen LogP contribution in [0.25, 0.3) is 0 Å². The fourth-order valence-electron chi connectivity index (χ4n) is 1.36. The second-order valence-electron chi connectivity index (χ2n) is 2.72. The molecule has 50 valence electrons. The molecule has 3 atom stereocenters. The van der Waals surface area contributed by atoms with Crippen LogP contribution in [0, 0.1) is 5.92 Å². The fourth-order valence-corrected chi connectivity index (χ4v) is 1.36. The zero-order chi connectivity index (χ0) is 6.27. The van der Waals surface area contributed by atoms with Crippen LogP contribution in [0.5, 0.6) is 0 Å². The van der Waals surface area contributed by atoms with E-state index in [1.807, 2.05) is 6.08 Å². The van der Waals surface area contributed by atoms with E-state index in [1.165, 1.54) is 0 Å². The maximum Gasteiger partial charge on any atom is 0.124 e. The third-order valence-corrected chi connectivity index (χ3v) is 2.03. The molecule has 0 aromatic heterocycles. The Morgan fingerprint density at radius 3 is 3.33 bits per heavy atom. The minimum atomic E-state index is -0.596. The Morgan fingerprint density at radius 1 is 1.56 bits per heavy atom. The number of fused-ring (bicyclic) bond motifs is 1. The molecular weight excluding hydrogens is 117 g/mol. The van der Waals surface area contributed by atoms with Gasteiger partial charge >= 0.3 is 0 Å². The van der Waals surface area contributed by atoms with Crippen molar-refractivity contribution in [2.75, 3.05) is 6.54 Å². The Kier molecular flexibility index (Phi) is 1.09. The molecule has 0 aromatic carbocycles. The van der Waals surface area contributed by atoms with Crippen molar-refractivity contribution in [2.45, 2.75) is 18.6 Å². The molecule has 0 aromatic rings. The van der Waals surface area contributed by atoms with Crippen molar-refractivity contribution >= 4 is 0 Å². The van der Waals surface area contributed by atoms with E-state index in [4.69, 9.17) is 0 Å². The summed E-state index contributed by atoms with van der Waals surface area (Å²) in [7, 11) is 0. The van der Waals surface area contributed by atoms with Crippen LogP contribution in [-0.4, -0.2) is 18.8 Å². The van der Waals surface area contributed by atoms with Gasteiger partial charge in [-0.25, -0.2) is 4.39 Å². The number of rotatable bonds is 0. The maximum absolute atomic E-state index is 12.5. The van der Waals surface area contributed by atoms with Crippen LogP contribution in [-0.2, 0) is 0 Å². The van der Waals surface area contributed by atoms with Gasteiger partial charge in [0.1, 0.15) is 6.17 Å². The van der Waals surface area contributed by atoms with Gasteiger partial charge in [0.05, 0.1) is 0 Å². The first-order valence-corrected chi connectivity index (χ1v) is 3.44. The van der Waals surface area contributed by atoms with Gasteiger partial charge in [-0.3, -0.25) is 0 Å². The van der Waals surface area contributed by atoms with E-state index < -0.39 is 6.17 Å². The average Bonchev–Trinajstić information content (AvgIpc) is 2.51. The third-order valence-electron chi connectivity index (χ3n) is 2.03. The average molecular weight is 127 g/mol. The van der Waals surface area contributed by atoms with Crippen LogP contribution >= 0.6 is 0 Å². The normalized spacial score (nSPS) is 47.9. The fraction of sp³-hybridized carbons (Fsp3) is 0.714. The molecule has 2 rings (SSSR count). The molecule has 1 N–H and O–H groups in total. The van der Waals surface area contributed by atoms with Crippen molar-refractivity contribution in [1.29, 1.82) is 0 Å². The van der Waals surface area contributed by atoms with E-state index in [0.29, 0.717) is 0 Å². The van der Waals surface area contributed by atoms with Gasteiger partial charge in [0, 0.05) is 12.0 Å². The van der Waals surface area contributed by atoms with E-state index in [9.17, 15) is 4.39 Å². The molecule has 0 radical (unpaired) electrons.